The molecule has 0 saturated heterocycles. The molecule has 0 amide bonds. The van der Waals surface area contributed by atoms with Gasteiger partial charge in [0.05, 0.1) is 18.6 Å². The molecule has 0 saturated carbocycles. The molecule has 1 aromatic carbocycles. The monoisotopic (exact) mass is 409 g/mol. The third-order valence-electron chi connectivity index (χ3n) is 4.57. The van der Waals surface area contributed by atoms with E-state index in [2.05, 4.69) is 20.0 Å². The summed E-state index contributed by atoms with van der Waals surface area (Å²) < 4.78 is 20.1. The Labute approximate surface area is 174 Å². The Morgan fingerprint density at radius 1 is 1.30 bits per heavy atom. The Morgan fingerprint density at radius 3 is 2.80 bits per heavy atom. The first-order valence-corrected chi connectivity index (χ1v) is 9.45. The number of aliphatic imine (C=N–C) groups is 3. The van der Waals surface area contributed by atoms with E-state index in [4.69, 9.17) is 21.9 Å². The fourth-order valence-corrected chi connectivity index (χ4v) is 3.18. The molecule has 8 nitrogen and oxygen atoms in total. The number of benzene rings is 1. The van der Waals surface area contributed by atoms with E-state index >= 15 is 0 Å². The van der Waals surface area contributed by atoms with E-state index < -0.39 is 11.9 Å². The number of nitrogens with zero attached hydrogens (tertiary/aromatic N) is 4. The van der Waals surface area contributed by atoms with Gasteiger partial charge in [0.25, 0.3) is 0 Å². The van der Waals surface area contributed by atoms with Crippen molar-refractivity contribution in [2.24, 2.45) is 26.4 Å². The van der Waals surface area contributed by atoms with Gasteiger partial charge in [-0.3, -0.25) is 9.98 Å². The molecule has 0 fully saturated rings. The number of pyridine rings is 1. The summed E-state index contributed by atoms with van der Waals surface area (Å²) in [6, 6.07) is 6.05. The summed E-state index contributed by atoms with van der Waals surface area (Å²) in [4.78, 5) is 17.6. The maximum atomic E-state index is 14.1. The average Bonchev–Trinajstić information content (AvgIpc) is 2.73. The first-order valence-electron chi connectivity index (χ1n) is 9.45. The molecule has 0 aliphatic carbocycles. The van der Waals surface area contributed by atoms with Gasteiger partial charge in [-0.15, -0.1) is 0 Å². The van der Waals surface area contributed by atoms with Crippen molar-refractivity contribution in [3.05, 3.63) is 64.7 Å². The quantitative estimate of drug-likeness (QED) is 0.490. The van der Waals surface area contributed by atoms with Gasteiger partial charge in [-0.1, -0.05) is 0 Å². The van der Waals surface area contributed by atoms with Crippen LogP contribution >= 0.6 is 0 Å². The molecule has 0 radical (unpaired) electrons. The van der Waals surface area contributed by atoms with Crippen LogP contribution in [0.3, 0.4) is 0 Å². The van der Waals surface area contributed by atoms with Crippen LogP contribution in [-0.4, -0.2) is 36.0 Å². The van der Waals surface area contributed by atoms with E-state index in [1.54, 1.807) is 25.3 Å². The second kappa shape index (κ2) is 9.17. The predicted molar refractivity (Wildman–Crippen MR) is 118 cm³/mol. The number of aromatic nitrogens is 1. The van der Waals surface area contributed by atoms with Crippen molar-refractivity contribution in [3.8, 4) is 5.75 Å². The molecule has 156 valence electrons. The second-order valence-electron chi connectivity index (χ2n) is 6.53. The van der Waals surface area contributed by atoms with Crippen LogP contribution in [0.1, 0.15) is 36.6 Å². The highest BCUT2D eigenvalue weighted by atomic mass is 19.1. The molecule has 9 heteroatoms. The summed E-state index contributed by atoms with van der Waals surface area (Å²) >= 11 is 0. The van der Waals surface area contributed by atoms with E-state index in [0.29, 0.717) is 46.1 Å². The van der Waals surface area contributed by atoms with Gasteiger partial charge in [0.2, 0.25) is 0 Å². The van der Waals surface area contributed by atoms with Crippen LogP contribution in [0, 0.1) is 5.82 Å². The zero-order valence-corrected chi connectivity index (χ0v) is 16.8. The first-order chi connectivity index (χ1) is 14.5. The Balaban J connectivity index is 2.28. The molecule has 2 aromatic rings. The molecule has 1 atom stereocenters. The standard InChI is InChI=1S/C21H24FN7O/c1-3-26-19-13-6-18(20(25)27-9-13)30-12(2)17-7-15(22)4-5-16(17)21(29-11-24)28-10-14(19)8-23/h4-9,11-12H,3,10,23H2,1-2H3,(H2,25,27)(H2,24,28,29)/t12-/m1/s1. The number of ether oxygens (including phenoxy) is 1. The molecule has 3 rings (SSSR count). The summed E-state index contributed by atoms with van der Waals surface area (Å²) in [5.41, 5.74) is 20.6. The van der Waals surface area contributed by atoms with Crippen LogP contribution in [0.4, 0.5) is 10.2 Å². The van der Waals surface area contributed by atoms with Gasteiger partial charge in [-0.25, -0.2) is 14.4 Å². The summed E-state index contributed by atoms with van der Waals surface area (Å²) in [6.07, 6.45) is 3.62. The minimum Gasteiger partial charge on any atom is -0.482 e. The maximum absolute atomic E-state index is 14.1. The molecule has 30 heavy (non-hydrogen) atoms. The van der Waals surface area contributed by atoms with Crippen molar-refractivity contribution in [1.82, 2.24) is 4.98 Å². The van der Waals surface area contributed by atoms with Crippen molar-refractivity contribution < 1.29 is 9.13 Å². The lowest BCUT2D eigenvalue weighted by atomic mass is 10.0. The number of amidine groups is 1. The van der Waals surface area contributed by atoms with Gasteiger partial charge in [-0.2, -0.15) is 0 Å². The number of hydrogen-bond acceptors (Lipinski definition) is 7. The highest BCUT2D eigenvalue weighted by Gasteiger charge is 2.21. The molecule has 0 spiro atoms. The van der Waals surface area contributed by atoms with Gasteiger partial charge >= 0.3 is 0 Å². The van der Waals surface area contributed by atoms with Gasteiger partial charge in [0.15, 0.2) is 17.4 Å². The number of hydrogen-bond donors (Lipinski definition) is 3. The number of fused-ring (bicyclic) bond motifs is 3. The Hall–Kier alpha value is -3.75. The van der Waals surface area contributed by atoms with E-state index in [0.717, 1.165) is 6.34 Å². The smallest absolute Gasteiger partial charge is 0.166 e. The summed E-state index contributed by atoms with van der Waals surface area (Å²) in [5.74, 6) is 0.487. The van der Waals surface area contributed by atoms with Gasteiger partial charge in [0.1, 0.15) is 11.9 Å². The Morgan fingerprint density at radius 2 is 2.10 bits per heavy atom. The number of nitrogens with two attached hydrogens (primary N) is 3. The third-order valence-corrected chi connectivity index (χ3v) is 4.57. The highest BCUT2D eigenvalue weighted by molar-refractivity contribution is 6.13. The predicted octanol–water partition coefficient (Wildman–Crippen LogP) is 2.34. The molecule has 0 unspecified atom stereocenters. The zero-order chi connectivity index (χ0) is 21.7. The van der Waals surface area contributed by atoms with Crippen LogP contribution in [0.5, 0.6) is 5.75 Å². The maximum Gasteiger partial charge on any atom is 0.166 e. The van der Waals surface area contributed by atoms with E-state index in [1.807, 2.05) is 6.92 Å². The lowest BCUT2D eigenvalue weighted by molar-refractivity contribution is 0.227. The van der Waals surface area contributed by atoms with E-state index in [9.17, 15) is 4.39 Å². The van der Waals surface area contributed by atoms with Crippen LogP contribution in [-0.2, 0) is 0 Å². The molecule has 2 bridgehead atoms. The normalized spacial score (nSPS) is 19.7. The minimum atomic E-state index is -0.566. The minimum absolute atomic E-state index is 0.188. The molecule has 1 aromatic heterocycles. The summed E-state index contributed by atoms with van der Waals surface area (Å²) in [5, 5.41) is 0. The second-order valence-corrected chi connectivity index (χ2v) is 6.53. The molecule has 6 N–H and O–H groups in total. The van der Waals surface area contributed by atoms with Crippen molar-refractivity contribution in [3.63, 3.8) is 0 Å². The van der Waals surface area contributed by atoms with Crippen molar-refractivity contribution in [1.29, 1.82) is 0 Å². The number of anilines is 1. The van der Waals surface area contributed by atoms with Crippen LogP contribution in [0.2, 0.25) is 0 Å². The first kappa shape index (κ1) is 21.0. The van der Waals surface area contributed by atoms with Gasteiger partial charge in [0, 0.05) is 41.2 Å². The lowest BCUT2D eigenvalue weighted by Crippen LogP contribution is -2.17. The number of nitrogen functional groups attached to an aromatic ring is 1. The molecule has 1 aliphatic rings. The molecule has 2 heterocycles. The fourth-order valence-electron chi connectivity index (χ4n) is 3.18. The van der Waals surface area contributed by atoms with Crippen molar-refractivity contribution in [2.45, 2.75) is 20.0 Å². The topological polar surface area (TPSA) is 137 Å². The highest BCUT2D eigenvalue weighted by Crippen LogP contribution is 2.30. The zero-order valence-electron chi connectivity index (χ0n) is 16.8. The average molecular weight is 409 g/mol. The molecule has 1 aliphatic heterocycles. The van der Waals surface area contributed by atoms with Crippen molar-refractivity contribution in [2.75, 3.05) is 18.8 Å². The summed E-state index contributed by atoms with van der Waals surface area (Å²) in [7, 11) is 0. The third kappa shape index (κ3) is 4.29. The number of rotatable bonds is 1. The fraction of sp³-hybridized carbons (Fsp3) is 0.238. The number of halogens is 1. The van der Waals surface area contributed by atoms with Gasteiger partial charge < -0.3 is 21.9 Å². The SMILES string of the molecule is CCN=C1C(=CN)CN=C(N=CN)c2ccc(F)cc2[C@@H](C)Oc2cc1cnc2N. The molecular formula is C21H24FN7O. The summed E-state index contributed by atoms with van der Waals surface area (Å²) in [6.45, 7) is 4.42. The molecular weight excluding hydrogens is 385 g/mol. The van der Waals surface area contributed by atoms with Gasteiger partial charge in [-0.05, 0) is 38.1 Å². The lowest BCUT2D eigenvalue weighted by Gasteiger charge is -2.21. The van der Waals surface area contributed by atoms with Crippen LogP contribution < -0.4 is 21.9 Å². The van der Waals surface area contributed by atoms with Crippen LogP contribution in [0.25, 0.3) is 0 Å². The largest absolute Gasteiger partial charge is 0.482 e. The van der Waals surface area contributed by atoms with Crippen molar-refractivity contribution >= 4 is 23.7 Å². The van der Waals surface area contributed by atoms with E-state index in [1.165, 1.54) is 18.3 Å². The van der Waals surface area contributed by atoms with Crippen LogP contribution in [0.15, 0.2) is 57.2 Å². The van der Waals surface area contributed by atoms with E-state index in [-0.39, 0.29) is 12.4 Å². The Bertz CT molecular complexity index is 1060. The Kier molecular flexibility index (Phi) is 6.41.